The van der Waals surface area contributed by atoms with Crippen molar-refractivity contribution >= 4 is 0 Å². The lowest BCUT2D eigenvalue weighted by Gasteiger charge is -2.36. The molecule has 1 saturated carbocycles. The molecule has 1 N–H and O–H groups in total. The van der Waals surface area contributed by atoms with Crippen molar-refractivity contribution in [1.82, 2.24) is 10.2 Å². The molecule has 0 aromatic rings. The molecule has 2 fully saturated rings. The van der Waals surface area contributed by atoms with Crippen LogP contribution in [0.4, 0.5) is 0 Å². The lowest BCUT2D eigenvalue weighted by molar-refractivity contribution is 0.0385. The summed E-state index contributed by atoms with van der Waals surface area (Å²) < 4.78 is 5.61. The summed E-state index contributed by atoms with van der Waals surface area (Å²) in [6, 6.07) is 1.25. The van der Waals surface area contributed by atoms with Crippen LogP contribution in [0.1, 0.15) is 51.9 Å². The highest BCUT2D eigenvalue weighted by molar-refractivity contribution is 4.83. The minimum absolute atomic E-state index is 0.437. The molecule has 0 spiro atoms. The first-order chi connectivity index (χ1) is 8.81. The fourth-order valence-corrected chi connectivity index (χ4v) is 3.42. The van der Waals surface area contributed by atoms with Crippen molar-refractivity contribution in [3.63, 3.8) is 0 Å². The van der Waals surface area contributed by atoms with Crippen LogP contribution in [0.15, 0.2) is 0 Å². The van der Waals surface area contributed by atoms with Gasteiger partial charge in [-0.05, 0) is 45.7 Å². The summed E-state index contributed by atoms with van der Waals surface area (Å²) in [5.41, 5.74) is 0. The van der Waals surface area contributed by atoms with Gasteiger partial charge in [0.25, 0.3) is 0 Å². The Hall–Kier alpha value is -0.120. The van der Waals surface area contributed by atoms with Gasteiger partial charge in [0.1, 0.15) is 0 Å². The first-order valence-corrected chi connectivity index (χ1v) is 7.81. The average Bonchev–Trinajstić information content (AvgIpc) is 2.46. The second-order valence-electron chi connectivity index (χ2n) is 6.02. The van der Waals surface area contributed by atoms with Gasteiger partial charge in [0.15, 0.2) is 0 Å². The summed E-state index contributed by atoms with van der Waals surface area (Å²) in [6.45, 7) is 6.07. The van der Waals surface area contributed by atoms with E-state index in [2.05, 4.69) is 17.1 Å². The van der Waals surface area contributed by atoms with E-state index in [1.165, 1.54) is 58.0 Å². The second-order valence-corrected chi connectivity index (χ2v) is 6.02. The second kappa shape index (κ2) is 7.46. The topological polar surface area (TPSA) is 24.5 Å². The largest absolute Gasteiger partial charge is 0.380 e. The SMILES string of the molecule is COC1CCCCC1NCC(C)N1CCCCC1. The maximum absolute atomic E-state index is 5.61. The van der Waals surface area contributed by atoms with Gasteiger partial charge >= 0.3 is 0 Å². The van der Waals surface area contributed by atoms with E-state index < -0.39 is 0 Å². The minimum Gasteiger partial charge on any atom is -0.380 e. The van der Waals surface area contributed by atoms with Crippen molar-refractivity contribution in [2.75, 3.05) is 26.7 Å². The number of nitrogens with one attached hydrogen (secondary N) is 1. The lowest BCUT2D eigenvalue weighted by atomic mass is 9.92. The van der Waals surface area contributed by atoms with Crippen molar-refractivity contribution in [2.45, 2.75) is 70.1 Å². The summed E-state index contributed by atoms with van der Waals surface area (Å²) in [7, 11) is 1.86. The van der Waals surface area contributed by atoms with Crippen molar-refractivity contribution in [3.8, 4) is 0 Å². The molecule has 1 heterocycles. The molecule has 3 heteroatoms. The van der Waals surface area contributed by atoms with Crippen LogP contribution in [-0.4, -0.2) is 49.8 Å². The van der Waals surface area contributed by atoms with Crippen molar-refractivity contribution < 1.29 is 4.74 Å². The van der Waals surface area contributed by atoms with Crippen molar-refractivity contribution in [1.29, 1.82) is 0 Å². The first kappa shape index (κ1) is 14.3. The highest BCUT2D eigenvalue weighted by Crippen LogP contribution is 2.21. The van der Waals surface area contributed by atoms with Gasteiger partial charge in [0.05, 0.1) is 6.10 Å². The van der Waals surface area contributed by atoms with E-state index in [0.717, 1.165) is 6.54 Å². The van der Waals surface area contributed by atoms with Crippen LogP contribution in [0.5, 0.6) is 0 Å². The van der Waals surface area contributed by atoms with Crippen LogP contribution in [0.3, 0.4) is 0 Å². The monoisotopic (exact) mass is 254 g/mol. The quantitative estimate of drug-likeness (QED) is 0.815. The molecule has 18 heavy (non-hydrogen) atoms. The predicted octanol–water partition coefficient (Wildman–Crippen LogP) is 2.41. The molecule has 2 rings (SSSR count). The number of nitrogens with zero attached hydrogens (tertiary/aromatic N) is 1. The van der Waals surface area contributed by atoms with Gasteiger partial charge in [-0.1, -0.05) is 19.3 Å². The lowest BCUT2D eigenvalue weighted by Crippen LogP contribution is -2.49. The Morgan fingerprint density at radius 3 is 2.56 bits per heavy atom. The van der Waals surface area contributed by atoms with Gasteiger partial charge in [-0.15, -0.1) is 0 Å². The number of hydrogen-bond donors (Lipinski definition) is 1. The van der Waals surface area contributed by atoms with Crippen LogP contribution in [0.2, 0.25) is 0 Å². The Bertz CT molecular complexity index is 229. The summed E-state index contributed by atoms with van der Waals surface area (Å²) in [4.78, 5) is 2.64. The molecule has 0 bridgehead atoms. The molecule has 106 valence electrons. The van der Waals surface area contributed by atoms with Crippen LogP contribution < -0.4 is 5.32 Å². The molecular weight excluding hydrogens is 224 g/mol. The van der Waals surface area contributed by atoms with Gasteiger partial charge in [-0.2, -0.15) is 0 Å². The Labute approximate surface area is 112 Å². The number of ether oxygens (including phenoxy) is 1. The van der Waals surface area contributed by atoms with Gasteiger partial charge in [0.2, 0.25) is 0 Å². The molecule has 3 nitrogen and oxygen atoms in total. The minimum atomic E-state index is 0.437. The average molecular weight is 254 g/mol. The molecule has 1 aliphatic carbocycles. The van der Waals surface area contributed by atoms with E-state index in [-0.39, 0.29) is 0 Å². The summed E-state index contributed by atoms with van der Waals surface area (Å²) in [5.74, 6) is 0. The summed E-state index contributed by atoms with van der Waals surface area (Å²) in [6.07, 6.45) is 9.83. The number of likely N-dealkylation sites (tertiary alicyclic amines) is 1. The zero-order valence-corrected chi connectivity index (χ0v) is 12.2. The third-order valence-corrected chi connectivity index (χ3v) is 4.69. The first-order valence-electron chi connectivity index (χ1n) is 7.81. The van der Waals surface area contributed by atoms with Crippen LogP contribution >= 0.6 is 0 Å². The molecule has 0 amide bonds. The normalized spacial score (nSPS) is 32.3. The van der Waals surface area contributed by atoms with Crippen LogP contribution in [-0.2, 0) is 4.74 Å². The standard InChI is InChI=1S/C15H30N2O/c1-13(17-10-6-3-7-11-17)12-16-14-8-4-5-9-15(14)18-2/h13-16H,3-12H2,1-2H3. The molecule has 1 saturated heterocycles. The van der Waals surface area contributed by atoms with E-state index in [4.69, 9.17) is 4.74 Å². The van der Waals surface area contributed by atoms with Gasteiger partial charge < -0.3 is 10.1 Å². The highest BCUT2D eigenvalue weighted by atomic mass is 16.5. The van der Waals surface area contributed by atoms with E-state index in [9.17, 15) is 0 Å². The fourth-order valence-electron chi connectivity index (χ4n) is 3.42. The Kier molecular flexibility index (Phi) is 5.93. The van der Waals surface area contributed by atoms with E-state index in [1.807, 2.05) is 7.11 Å². The number of methoxy groups -OCH3 is 1. The number of piperidine rings is 1. The molecule has 0 aromatic heterocycles. The molecule has 1 aliphatic heterocycles. The third-order valence-electron chi connectivity index (χ3n) is 4.69. The number of hydrogen-bond acceptors (Lipinski definition) is 3. The predicted molar refractivity (Wildman–Crippen MR) is 75.9 cm³/mol. The van der Waals surface area contributed by atoms with Crippen molar-refractivity contribution in [2.24, 2.45) is 0 Å². The third kappa shape index (κ3) is 3.94. The maximum atomic E-state index is 5.61. The van der Waals surface area contributed by atoms with E-state index in [1.54, 1.807) is 0 Å². The van der Waals surface area contributed by atoms with E-state index >= 15 is 0 Å². The van der Waals surface area contributed by atoms with Crippen molar-refractivity contribution in [3.05, 3.63) is 0 Å². The Morgan fingerprint density at radius 2 is 1.83 bits per heavy atom. The van der Waals surface area contributed by atoms with Gasteiger partial charge in [-0.25, -0.2) is 0 Å². The molecule has 3 unspecified atom stereocenters. The molecular formula is C15H30N2O. The summed E-state index contributed by atoms with van der Waals surface area (Å²) >= 11 is 0. The molecule has 0 aromatic carbocycles. The smallest absolute Gasteiger partial charge is 0.0724 e. The molecule has 3 atom stereocenters. The number of rotatable bonds is 5. The zero-order valence-electron chi connectivity index (χ0n) is 12.2. The maximum Gasteiger partial charge on any atom is 0.0724 e. The van der Waals surface area contributed by atoms with Crippen LogP contribution in [0, 0.1) is 0 Å². The molecule has 2 aliphatic rings. The van der Waals surface area contributed by atoms with Gasteiger partial charge in [-0.3, -0.25) is 4.90 Å². The highest BCUT2D eigenvalue weighted by Gasteiger charge is 2.25. The Balaban J connectivity index is 1.71. The van der Waals surface area contributed by atoms with Gasteiger partial charge in [0, 0.05) is 25.7 Å². The fraction of sp³-hybridized carbons (Fsp3) is 1.00. The summed E-state index contributed by atoms with van der Waals surface area (Å²) in [5, 5.41) is 3.75. The molecule has 0 radical (unpaired) electrons. The Morgan fingerprint density at radius 1 is 1.11 bits per heavy atom. The zero-order chi connectivity index (χ0) is 12.8. The van der Waals surface area contributed by atoms with E-state index in [0.29, 0.717) is 18.2 Å². The van der Waals surface area contributed by atoms with Crippen LogP contribution in [0.25, 0.3) is 0 Å².